The molecule has 0 spiro atoms. The molecule has 3 aromatic carbocycles. The van der Waals surface area contributed by atoms with E-state index in [1.807, 2.05) is 25.1 Å². The van der Waals surface area contributed by atoms with Crippen LogP contribution in [0, 0.1) is 6.92 Å². The molecular formula is C25H30N2O4S. The van der Waals surface area contributed by atoms with Gasteiger partial charge in [0.25, 0.3) is 10.0 Å². The number of nitrogens with one attached hydrogen (secondary N) is 2. The van der Waals surface area contributed by atoms with Crippen molar-refractivity contribution in [1.82, 2.24) is 0 Å². The topological polar surface area (TPSA) is 87.7 Å². The number of rotatable bonds is 11. The Labute approximate surface area is 190 Å². The Hall–Kier alpha value is -3.19. The Morgan fingerprint density at radius 2 is 1.50 bits per heavy atom. The summed E-state index contributed by atoms with van der Waals surface area (Å²) in [6, 6.07) is 18.3. The van der Waals surface area contributed by atoms with Gasteiger partial charge in [-0.3, -0.25) is 4.72 Å². The van der Waals surface area contributed by atoms with Crippen LogP contribution in [0.25, 0.3) is 0 Å². The van der Waals surface area contributed by atoms with Gasteiger partial charge in [0.2, 0.25) is 0 Å². The summed E-state index contributed by atoms with van der Waals surface area (Å²) in [7, 11) is -3.72. The number of aryl methyl sites for hydroxylation is 1. The zero-order chi connectivity index (χ0) is 23.0. The van der Waals surface area contributed by atoms with Gasteiger partial charge in [0.1, 0.15) is 11.5 Å². The van der Waals surface area contributed by atoms with E-state index in [1.165, 1.54) is 43.5 Å². The first-order valence-electron chi connectivity index (χ1n) is 10.8. The molecule has 170 valence electrons. The summed E-state index contributed by atoms with van der Waals surface area (Å²) in [4.78, 5) is 0.152. The molecule has 0 bridgehead atoms. The van der Waals surface area contributed by atoms with E-state index in [4.69, 9.17) is 4.74 Å². The van der Waals surface area contributed by atoms with E-state index in [0.717, 1.165) is 35.7 Å². The van der Waals surface area contributed by atoms with Crippen LogP contribution in [-0.4, -0.2) is 20.1 Å². The lowest BCUT2D eigenvalue weighted by Crippen LogP contribution is -2.12. The highest BCUT2D eigenvalue weighted by Crippen LogP contribution is 2.26. The van der Waals surface area contributed by atoms with Crippen LogP contribution in [0.4, 0.5) is 17.1 Å². The van der Waals surface area contributed by atoms with Crippen LogP contribution >= 0.6 is 0 Å². The average molecular weight is 455 g/mol. The van der Waals surface area contributed by atoms with Gasteiger partial charge in [-0.05, 0) is 85.6 Å². The van der Waals surface area contributed by atoms with E-state index >= 15 is 0 Å². The molecule has 32 heavy (non-hydrogen) atoms. The van der Waals surface area contributed by atoms with Gasteiger partial charge in [-0.15, -0.1) is 0 Å². The van der Waals surface area contributed by atoms with Crippen molar-refractivity contribution in [3.05, 3.63) is 72.3 Å². The molecule has 0 amide bonds. The van der Waals surface area contributed by atoms with Crippen molar-refractivity contribution in [1.29, 1.82) is 0 Å². The highest BCUT2D eigenvalue weighted by molar-refractivity contribution is 7.92. The third kappa shape index (κ3) is 6.65. The fraction of sp³-hybridized carbons (Fsp3) is 0.280. The highest BCUT2D eigenvalue weighted by Gasteiger charge is 2.14. The highest BCUT2D eigenvalue weighted by atomic mass is 32.2. The summed E-state index contributed by atoms with van der Waals surface area (Å²) in [6.45, 7) is 4.93. The molecule has 0 aliphatic heterocycles. The summed E-state index contributed by atoms with van der Waals surface area (Å²) >= 11 is 0. The SMILES string of the molecule is CCCCCCOc1ccc(Nc2ccc(S(=O)(=O)Nc3ccc(O)cc3)cc2)cc1C. The quantitative estimate of drug-likeness (QED) is 0.237. The second-order valence-corrected chi connectivity index (χ2v) is 9.37. The monoisotopic (exact) mass is 454 g/mol. The van der Waals surface area contributed by atoms with E-state index in [2.05, 4.69) is 17.0 Å². The molecule has 0 saturated heterocycles. The number of aromatic hydroxyl groups is 1. The zero-order valence-corrected chi connectivity index (χ0v) is 19.3. The van der Waals surface area contributed by atoms with Crippen LogP contribution in [0.15, 0.2) is 71.6 Å². The third-order valence-corrected chi connectivity index (χ3v) is 6.40. The molecule has 0 saturated carbocycles. The van der Waals surface area contributed by atoms with Crippen LogP contribution in [0.3, 0.4) is 0 Å². The molecule has 3 rings (SSSR count). The van der Waals surface area contributed by atoms with Gasteiger partial charge in [-0.25, -0.2) is 8.42 Å². The van der Waals surface area contributed by atoms with E-state index in [0.29, 0.717) is 5.69 Å². The predicted molar refractivity (Wildman–Crippen MR) is 129 cm³/mol. The van der Waals surface area contributed by atoms with Gasteiger partial charge in [-0.2, -0.15) is 0 Å². The van der Waals surface area contributed by atoms with Gasteiger partial charge in [0.15, 0.2) is 0 Å². The van der Waals surface area contributed by atoms with Gasteiger partial charge < -0.3 is 15.2 Å². The van der Waals surface area contributed by atoms with Crippen molar-refractivity contribution in [3.8, 4) is 11.5 Å². The maximum absolute atomic E-state index is 12.6. The number of unbranched alkanes of at least 4 members (excludes halogenated alkanes) is 3. The molecule has 0 radical (unpaired) electrons. The maximum atomic E-state index is 12.6. The lowest BCUT2D eigenvalue weighted by atomic mass is 10.2. The standard InChI is InChI=1S/C25H30N2O4S/c1-3-4-5-6-17-31-25-16-11-22(18-19(25)2)26-20-9-14-24(15-10-20)32(29,30)27-21-7-12-23(28)13-8-21/h7-16,18,26-28H,3-6,17H2,1-2H3. The smallest absolute Gasteiger partial charge is 0.261 e. The minimum atomic E-state index is -3.72. The molecule has 0 heterocycles. The fourth-order valence-corrected chi connectivity index (χ4v) is 4.29. The number of hydrogen-bond donors (Lipinski definition) is 3. The Morgan fingerprint density at radius 1 is 0.844 bits per heavy atom. The number of benzene rings is 3. The first-order chi connectivity index (χ1) is 15.4. The molecule has 0 atom stereocenters. The molecule has 7 heteroatoms. The summed E-state index contributed by atoms with van der Waals surface area (Å²) in [5.74, 6) is 0.957. The average Bonchev–Trinajstić information content (AvgIpc) is 2.77. The van der Waals surface area contributed by atoms with E-state index in [1.54, 1.807) is 24.3 Å². The third-order valence-electron chi connectivity index (χ3n) is 5.00. The van der Waals surface area contributed by atoms with Crippen LogP contribution in [0.5, 0.6) is 11.5 Å². The fourth-order valence-electron chi connectivity index (χ4n) is 3.23. The number of ether oxygens (including phenoxy) is 1. The van der Waals surface area contributed by atoms with E-state index < -0.39 is 10.0 Å². The summed E-state index contributed by atoms with van der Waals surface area (Å²) in [5.41, 5.74) is 3.11. The summed E-state index contributed by atoms with van der Waals surface area (Å²) < 4.78 is 33.5. The second-order valence-electron chi connectivity index (χ2n) is 7.69. The van der Waals surface area contributed by atoms with Crippen LogP contribution in [-0.2, 0) is 10.0 Å². The zero-order valence-electron chi connectivity index (χ0n) is 18.5. The minimum absolute atomic E-state index is 0.0742. The normalized spacial score (nSPS) is 11.2. The molecule has 0 aromatic heterocycles. The number of phenols is 1. The van der Waals surface area contributed by atoms with Gasteiger partial charge in [0.05, 0.1) is 11.5 Å². The van der Waals surface area contributed by atoms with E-state index in [-0.39, 0.29) is 10.6 Å². The van der Waals surface area contributed by atoms with Crippen molar-refractivity contribution in [2.75, 3.05) is 16.6 Å². The molecule has 0 aliphatic rings. The van der Waals surface area contributed by atoms with Crippen molar-refractivity contribution in [2.24, 2.45) is 0 Å². The van der Waals surface area contributed by atoms with Crippen LogP contribution in [0.2, 0.25) is 0 Å². The minimum Gasteiger partial charge on any atom is -0.508 e. The Balaban J connectivity index is 1.60. The molecule has 0 aliphatic carbocycles. The van der Waals surface area contributed by atoms with Gasteiger partial charge >= 0.3 is 0 Å². The summed E-state index contributed by atoms with van der Waals surface area (Å²) in [6.07, 6.45) is 4.69. The molecule has 0 unspecified atom stereocenters. The van der Waals surface area contributed by atoms with Gasteiger partial charge in [-0.1, -0.05) is 26.2 Å². The molecule has 3 aromatic rings. The number of hydrogen-bond acceptors (Lipinski definition) is 5. The number of anilines is 3. The van der Waals surface area contributed by atoms with E-state index in [9.17, 15) is 13.5 Å². The lowest BCUT2D eigenvalue weighted by Gasteiger charge is -2.13. The van der Waals surface area contributed by atoms with Crippen LogP contribution < -0.4 is 14.8 Å². The summed E-state index contributed by atoms with van der Waals surface area (Å²) in [5, 5.41) is 12.6. The van der Waals surface area contributed by atoms with Crippen molar-refractivity contribution in [2.45, 2.75) is 44.4 Å². The Kier molecular flexibility index (Phi) is 8.00. The molecular weight excluding hydrogens is 424 g/mol. The maximum Gasteiger partial charge on any atom is 0.261 e. The Bertz CT molecular complexity index is 1110. The molecule has 3 N–H and O–H groups in total. The first kappa shape index (κ1) is 23.5. The Morgan fingerprint density at radius 3 is 2.16 bits per heavy atom. The van der Waals surface area contributed by atoms with Crippen molar-refractivity contribution in [3.63, 3.8) is 0 Å². The van der Waals surface area contributed by atoms with Crippen molar-refractivity contribution < 1.29 is 18.3 Å². The largest absolute Gasteiger partial charge is 0.508 e. The molecule has 6 nitrogen and oxygen atoms in total. The first-order valence-corrected chi connectivity index (χ1v) is 12.3. The second kappa shape index (κ2) is 10.9. The van der Waals surface area contributed by atoms with Gasteiger partial charge in [0, 0.05) is 17.1 Å². The predicted octanol–water partition coefficient (Wildman–Crippen LogP) is 6.20. The molecule has 0 fully saturated rings. The number of phenolic OH excluding ortho intramolecular Hbond substituents is 1. The lowest BCUT2D eigenvalue weighted by molar-refractivity contribution is 0.303. The van der Waals surface area contributed by atoms with Crippen LogP contribution in [0.1, 0.15) is 38.2 Å². The number of sulfonamides is 1. The van der Waals surface area contributed by atoms with Crippen molar-refractivity contribution >= 4 is 27.1 Å².